The van der Waals surface area contributed by atoms with Crippen LogP contribution in [-0.4, -0.2) is 27.7 Å². The molecule has 3 atom stereocenters. The highest BCUT2D eigenvalue weighted by Gasteiger charge is 2.28. The summed E-state index contributed by atoms with van der Waals surface area (Å²) in [6, 6.07) is 2.37. The Morgan fingerprint density at radius 1 is 1.45 bits per heavy atom. The lowest BCUT2D eigenvalue weighted by Crippen LogP contribution is -2.19. The molecule has 3 unspecified atom stereocenters. The van der Waals surface area contributed by atoms with Crippen LogP contribution in [0.15, 0.2) is 12.3 Å². The smallest absolute Gasteiger partial charge is 0.160 e. The zero-order chi connectivity index (χ0) is 14.3. The number of rotatable bonds is 3. The van der Waals surface area contributed by atoms with Crippen LogP contribution < -0.4 is 0 Å². The Morgan fingerprint density at radius 3 is 2.90 bits per heavy atom. The van der Waals surface area contributed by atoms with E-state index < -0.39 is 0 Å². The number of alkyl halides is 1. The molecular formula is C15H20ClN3O. The van der Waals surface area contributed by atoms with Gasteiger partial charge in [-0.2, -0.15) is 0 Å². The standard InChI is InChI=1S/C15H20ClN3O/c1-9-6-13-15(17-7-9)19(14(18-13)10(2)16)11(3)12-4-5-20-8-12/h6-7,10-12H,4-5,8H2,1-3H3. The predicted octanol–water partition coefficient (Wildman–Crippen LogP) is 3.64. The molecule has 20 heavy (non-hydrogen) atoms. The number of ether oxygens (including phenoxy) is 1. The van der Waals surface area contributed by atoms with Gasteiger partial charge < -0.3 is 9.30 Å². The molecule has 2 aromatic heterocycles. The maximum Gasteiger partial charge on any atom is 0.160 e. The maximum absolute atomic E-state index is 6.33. The van der Waals surface area contributed by atoms with Crippen molar-refractivity contribution in [2.24, 2.45) is 5.92 Å². The van der Waals surface area contributed by atoms with Crippen LogP contribution in [0.25, 0.3) is 11.2 Å². The number of aromatic nitrogens is 3. The average Bonchev–Trinajstić information content (AvgIpc) is 3.04. The first-order valence-electron chi connectivity index (χ1n) is 7.14. The molecule has 1 aliphatic rings. The fraction of sp³-hybridized carbons (Fsp3) is 0.600. The molecule has 1 fully saturated rings. The first-order chi connectivity index (χ1) is 9.58. The van der Waals surface area contributed by atoms with E-state index in [1.165, 1.54) is 0 Å². The second kappa shape index (κ2) is 5.34. The molecule has 3 heterocycles. The minimum Gasteiger partial charge on any atom is -0.381 e. The molecule has 0 bridgehead atoms. The third-order valence-corrected chi connectivity index (χ3v) is 4.30. The molecule has 1 saturated heterocycles. The molecule has 5 heteroatoms. The van der Waals surface area contributed by atoms with Gasteiger partial charge in [0.05, 0.1) is 12.0 Å². The quantitative estimate of drug-likeness (QED) is 0.811. The number of fused-ring (bicyclic) bond motifs is 1. The molecule has 0 aromatic carbocycles. The predicted molar refractivity (Wildman–Crippen MR) is 80.2 cm³/mol. The largest absolute Gasteiger partial charge is 0.381 e. The number of hydrogen-bond donors (Lipinski definition) is 0. The molecule has 0 N–H and O–H groups in total. The molecule has 4 nitrogen and oxygen atoms in total. The fourth-order valence-corrected chi connectivity index (χ4v) is 3.08. The zero-order valence-electron chi connectivity index (χ0n) is 12.1. The summed E-state index contributed by atoms with van der Waals surface area (Å²) < 4.78 is 7.72. The number of nitrogens with zero attached hydrogens (tertiary/aromatic N) is 3. The van der Waals surface area contributed by atoms with E-state index in [0.717, 1.165) is 42.2 Å². The summed E-state index contributed by atoms with van der Waals surface area (Å²) in [5.41, 5.74) is 2.98. The molecule has 0 aliphatic carbocycles. The highest BCUT2D eigenvalue weighted by Crippen LogP contribution is 2.33. The lowest BCUT2D eigenvalue weighted by molar-refractivity contribution is 0.175. The van der Waals surface area contributed by atoms with Crippen molar-refractivity contribution in [3.63, 3.8) is 0 Å². The molecule has 3 rings (SSSR count). The van der Waals surface area contributed by atoms with Crippen LogP contribution in [0, 0.1) is 12.8 Å². The lowest BCUT2D eigenvalue weighted by atomic mass is 10.0. The summed E-state index contributed by atoms with van der Waals surface area (Å²) in [6.07, 6.45) is 2.98. The Hall–Kier alpha value is -1.13. The van der Waals surface area contributed by atoms with E-state index in [0.29, 0.717) is 12.0 Å². The number of imidazole rings is 1. The third kappa shape index (κ3) is 2.31. The Balaban J connectivity index is 2.13. The number of halogens is 1. The van der Waals surface area contributed by atoms with Crippen LogP contribution in [0.3, 0.4) is 0 Å². The zero-order valence-corrected chi connectivity index (χ0v) is 12.9. The average molecular weight is 294 g/mol. The molecule has 0 saturated carbocycles. The molecule has 0 amide bonds. The normalized spacial score (nSPS) is 22.3. The van der Waals surface area contributed by atoms with Crippen LogP contribution >= 0.6 is 11.6 Å². The van der Waals surface area contributed by atoms with Crippen molar-refractivity contribution in [1.29, 1.82) is 0 Å². The van der Waals surface area contributed by atoms with Crippen LogP contribution in [-0.2, 0) is 4.74 Å². The number of pyridine rings is 1. The molecule has 108 valence electrons. The Kier molecular flexibility index (Phi) is 3.69. The molecule has 2 aromatic rings. The fourth-order valence-electron chi connectivity index (χ4n) is 2.93. The first-order valence-corrected chi connectivity index (χ1v) is 7.58. The first kappa shape index (κ1) is 13.8. The molecule has 0 radical (unpaired) electrons. The summed E-state index contributed by atoms with van der Waals surface area (Å²) in [4.78, 5) is 9.27. The van der Waals surface area contributed by atoms with Gasteiger partial charge in [-0.1, -0.05) is 0 Å². The van der Waals surface area contributed by atoms with E-state index in [1.807, 2.05) is 20.0 Å². The molecule has 1 aliphatic heterocycles. The van der Waals surface area contributed by atoms with Gasteiger partial charge >= 0.3 is 0 Å². The van der Waals surface area contributed by atoms with Crippen molar-refractivity contribution in [1.82, 2.24) is 14.5 Å². The monoisotopic (exact) mass is 293 g/mol. The summed E-state index contributed by atoms with van der Waals surface area (Å²) in [7, 11) is 0. The highest BCUT2D eigenvalue weighted by molar-refractivity contribution is 6.20. The SMILES string of the molecule is Cc1cnc2c(c1)nc(C(C)Cl)n2C(C)C1CCOC1. The third-order valence-electron chi connectivity index (χ3n) is 4.10. The van der Waals surface area contributed by atoms with E-state index in [-0.39, 0.29) is 5.38 Å². The lowest BCUT2D eigenvalue weighted by Gasteiger charge is -2.22. The minimum absolute atomic E-state index is 0.130. The van der Waals surface area contributed by atoms with Crippen molar-refractivity contribution >= 4 is 22.8 Å². The van der Waals surface area contributed by atoms with Crippen molar-refractivity contribution in [2.75, 3.05) is 13.2 Å². The van der Waals surface area contributed by atoms with Gasteiger partial charge in [0.15, 0.2) is 5.65 Å². The van der Waals surface area contributed by atoms with E-state index in [9.17, 15) is 0 Å². The highest BCUT2D eigenvalue weighted by atomic mass is 35.5. The van der Waals surface area contributed by atoms with Crippen LogP contribution in [0.2, 0.25) is 0 Å². The van der Waals surface area contributed by atoms with E-state index in [4.69, 9.17) is 21.3 Å². The van der Waals surface area contributed by atoms with Crippen LogP contribution in [0.4, 0.5) is 0 Å². The van der Waals surface area contributed by atoms with Crippen molar-refractivity contribution in [3.8, 4) is 0 Å². The van der Waals surface area contributed by atoms with E-state index in [1.54, 1.807) is 0 Å². The molecule has 0 spiro atoms. The Labute approximate surface area is 124 Å². The van der Waals surface area contributed by atoms with E-state index >= 15 is 0 Å². The molecular weight excluding hydrogens is 274 g/mol. The Morgan fingerprint density at radius 2 is 2.25 bits per heavy atom. The number of aryl methyl sites for hydroxylation is 1. The van der Waals surface area contributed by atoms with Crippen molar-refractivity contribution < 1.29 is 4.74 Å². The second-order valence-corrected chi connectivity index (χ2v) is 6.33. The van der Waals surface area contributed by atoms with Gasteiger partial charge in [0.1, 0.15) is 11.3 Å². The number of hydrogen-bond acceptors (Lipinski definition) is 3. The van der Waals surface area contributed by atoms with Crippen molar-refractivity contribution in [3.05, 3.63) is 23.7 Å². The van der Waals surface area contributed by atoms with Crippen molar-refractivity contribution in [2.45, 2.75) is 38.6 Å². The second-order valence-electron chi connectivity index (χ2n) is 5.68. The summed E-state index contributed by atoms with van der Waals surface area (Å²) >= 11 is 6.33. The summed E-state index contributed by atoms with van der Waals surface area (Å²) in [5.74, 6) is 1.41. The van der Waals surface area contributed by atoms with Crippen LogP contribution in [0.1, 0.15) is 43.1 Å². The van der Waals surface area contributed by atoms with Gasteiger partial charge in [-0.25, -0.2) is 9.97 Å². The van der Waals surface area contributed by atoms with E-state index in [2.05, 4.69) is 22.5 Å². The van der Waals surface area contributed by atoms with Gasteiger partial charge in [-0.15, -0.1) is 11.6 Å². The van der Waals surface area contributed by atoms with Gasteiger partial charge in [0.2, 0.25) is 0 Å². The van der Waals surface area contributed by atoms with Gasteiger partial charge in [-0.3, -0.25) is 0 Å². The topological polar surface area (TPSA) is 39.9 Å². The summed E-state index contributed by atoms with van der Waals surface area (Å²) in [6.45, 7) is 7.86. The maximum atomic E-state index is 6.33. The Bertz CT molecular complexity index is 617. The van der Waals surface area contributed by atoms with Gasteiger partial charge in [0.25, 0.3) is 0 Å². The van der Waals surface area contributed by atoms with Gasteiger partial charge in [0, 0.05) is 24.8 Å². The van der Waals surface area contributed by atoms with Crippen LogP contribution in [0.5, 0.6) is 0 Å². The summed E-state index contributed by atoms with van der Waals surface area (Å²) in [5, 5.41) is -0.130. The van der Waals surface area contributed by atoms with Gasteiger partial charge in [-0.05, 0) is 38.8 Å². The minimum atomic E-state index is -0.130.